The number of aliphatic imine (C=N–C) groups is 1. The van der Waals surface area contributed by atoms with Crippen molar-refractivity contribution >= 4 is 17.3 Å². The maximum atomic E-state index is 10.3. The van der Waals surface area contributed by atoms with Crippen molar-refractivity contribution in [3.05, 3.63) is 22.4 Å². The third kappa shape index (κ3) is 4.19. The van der Waals surface area contributed by atoms with Crippen molar-refractivity contribution in [2.24, 2.45) is 10.7 Å². The fraction of sp³-hybridized carbons (Fsp3) is 0.615. The lowest BCUT2D eigenvalue weighted by molar-refractivity contribution is 0.0711. The normalized spacial score (nSPS) is 23.3. The van der Waals surface area contributed by atoms with Gasteiger partial charge in [-0.15, -0.1) is 11.3 Å². The Labute approximate surface area is 117 Å². The topological polar surface area (TPSA) is 79.9 Å². The number of nitrogens with one attached hydrogen (secondary N) is 1. The second-order valence-corrected chi connectivity index (χ2v) is 5.92. The molecule has 2 rings (SSSR count). The first kappa shape index (κ1) is 14.3. The first-order valence-corrected chi connectivity index (χ1v) is 7.37. The van der Waals surface area contributed by atoms with Crippen molar-refractivity contribution in [3.63, 3.8) is 0 Å². The molecule has 2 unspecified atom stereocenters. The van der Waals surface area contributed by atoms with Gasteiger partial charge in [-0.05, 0) is 31.2 Å². The van der Waals surface area contributed by atoms with Gasteiger partial charge < -0.3 is 20.9 Å². The summed E-state index contributed by atoms with van der Waals surface area (Å²) in [4.78, 5) is 5.09. The van der Waals surface area contributed by atoms with E-state index >= 15 is 0 Å². The van der Waals surface area contributed by atoms with E-state index < -0.39 is 5.60 Å². The van der Waals surface area contributed by atoms with Crippen LogP contribution in [0.15, 0.2) is 22.5 Å². The van der Waals surface area contributed by atoms with Crippen LogP contribution in [0.1, 0.15) is 24.6 Å². The van der Waals surface area contributed by atoms with Crippen molar-refractivity contribution in [1.29, 1.82) is 0 Å². The molecule has 0 saturated carbocycles. The Bertz CT molecular complexity index is 412. The second-order valence-electron chi connectivity index (χ2n) is 4.97. The monoisotopic (exact) mass is 283 g/mol. The molecule has 2 heterocycles. The zero-order valence-electron chi connectivity index (χ0n) is 11.1. The van der Waals surface area contributed by atoms with Gasteiger partial charge in [-0.1, -0.05) is 6.07 Å². The molecule has 5 nitrogen and oxygen atoms in total. The quantitative estimate of drug-likeness (QED) is 0.557. The van der Waals surface area contributed by atoms with Crippen LogP contribution in [0.5, 0.6) is 0 Å². The van der Waals surface area contributed by atoms with Gasteiger partial charge in [-0.25, -0.2) is 0 Å². The van der Waals surface area contributed by atoms with Gasteiger partial charge in [0.1, 0.15) is 5.60 Å². The molecule has 1 aromatic rings. The summed E-state index contributed by atoms with van der Waals surface area (Å²) in [5, 5.41) is 15.3. The van der Waals surface area contributed by atoms with E-state index in [1.165, 1.54) is 11.3 Å². The fourth-order valence-electron chi connectivity index (χ4n) is 1.98. The fourth-order valence-corrected chi connectivity index (χ4v) is 2.76. The minimum absolute atomic E-state index is 0.228. The smallest absolute Gasteiger partial charge is 0.188 e. The van der Waals surface area contributed by atoms with Gasteiger partial charge in [-0.3, -0.25) is 4.99 Å². The lowest BCUT2D eigenvalue weighted by atomic mass is 10.1. The van der Waals surface area contributed by atoms with Crippen LogP contribution in [0.25, 0.3) is 0 Å². The number of aliphatic hydroxyl groups is 1. The molecule has 1 aromatic heterocycles. The molecule has 1 aliphatic rings. The highest BCUT2D eigenvalue weighted by Crippen LogP contribution is 2.25. The summed E-state index contributed by atoms with van der Waals surface area (Å²) in [6.45, 7) is 3.50. The standard InChI is InChI=1S/C13H21N3O2S/c1-13(17,11-5-3-7-19-11)9-16-12(14)15-8-10-4-2-6-18-10/h3,5,7,10,17H,2,4,6,8-9H2,1H3,(H3,14,15,16). The van der Waals surface area contributed by atoms with Gasteiger partial charge >= 0.3 is 0 Å². The maximum Gasteiger partial charge on any atom is 0.188 e. The summed E-state index contributed by atoms with van der Waals surface area (Å²) < 4.78 is 5.49. The van der Waals surface area contributed by atoms with Crippen molar-refractivity contribution in [2.75, 3.05) is 19.7 Å². The number of nitrogens with zero attached hydrogens (tertiary/aromatic N) is 1. The van der Waals surface area contributed by atoms with Crippen LogP contribution in [-0.4, -0.2) is 36.9 Å². The van der Waals surface area contributed by atoms with Crippen molar-refractivity contribution in [1.82, 2.24) is 5.32 Å². The minimum atomic E-state index is -0.968. The molecular formula is C13H21N3O2S. The number of hydrogen-bond acceptors (Lipinski definition) is 4. The first-order chi connectivity index (χ1) is 9.08. The third-order valence-electron chi connectivity index (χ3n) is 3.14. The second kappa shape index (κ2) is 6.36. The summed E-state index contributed by atoms with van der Waals surface area (Å²) in [5.41, 5.74) is 4.82. The Morgan fingerprint density at radius 1 is 1.74 bits per heavy atom. The Morgan fingerprint density at radius 2 is 2.58 bits per heavy atom. The van der Waals surface area contributed by atoms with E-state index in [4.69, 9.17) is 10.5 Å². The van der Waals surface area contributed by atoms with E-state index in [0.29, 0.717) is 12.5 Å². The summed E-state index contributed by atoms with van der Waals surface area (Å²) >= 11 is 1.51. The highest BCUT2D eigenvalue weighted by molar-refractivity contribution is 7.10. The average Bonchev–Trinajstić information content (AvgIpc) is 3.06. The van der Waals surface area contributed by atoms with Gasteiger partial charge in [0.15, 0.2) is 5.96 Å². The molecule has 19 heavy (non-hydrogen) atoms. The molecule has 1 aliphatic heterocycles. The van der Waals surface area contributed by atoms with Crippen LogP contribution in [0.2, 0.25) is 0 Å². The van der Waals surface area contributed by atoms with Crippen molar-refractivity contribution in [2.45, 2.75) is 31.5 Å². The number of guanidine groups is 1. The van der Waals surface area contributed by atoms with E-state index in [9.17, 15) is 5.11 Å². The zero-order valence-corrected chi connectivity index (χ0v) is 11.9. The predicted octanol–water partition coefficient (Wildman–Crippen LogP) is 1.04. The summed E-state index contributed by atoms with van der Waals surface area (Å²) in [6.07, 6.45) is 2.40. The molecule has 0 bridgehead atoms. The maximum absolute atomic E-state index is 10.3. The van der Waals surface area contributed by atoms with Gasteiger partial charge in [-0.2, -0.15) is 0 Å². The number of hydrogen-bond donors (Lipinski definition) is 3. The van der Waals surface area contributed by atoms with Gasteiger partial charge in [0.05, 0.1) is 12.6 Å². The van der Waals surface area contributed by atoms with Crippen molar-refractivity contribution < 1.29 is 9.84 Å². The van der Waals surface area contributed by atoms with Crippen LogP contribution in [0.4, 0.5) is 0 Å². The summed E-state index contributed by atoms with van der Waals surface area (Å²) in [6, 6.07) is 3.81. The predicted molar refractivity (Wildman–Crippen MR) is 77.4 cm³/mol. The number of rotatable bonds is 5. The van der Waals surface area contributed by atoms with Gasteiger partial charge in [0.25, 0.3) is 0 Å². The largest absolute Gasteiger partial charge is 0.383 e. The van der Waals surface area contributed by atoms with E-state index in [1.54, 1.807) is 6.92 Å². The molecule has 1 fully saturated rings. The highest BCUT2D eigenvalue weighted by atomic mass is 32.1. The molecule has 4 N–H and O–H groups in total. The molecular weight excluding hydrogens is 262 g/mol. The molecule has 6 heteroatoms. The van der Waals surface area contributed by atoms with Crippen LogP contribution < -0.4 is 11.1 Å². The Hall–Kier alpha value is -1.11. The van der Waals surface area contributed by atoms with Gasteiger partial charge in [0, 0.05) is 18.0 Å². The van der Waals surface area contributed by atoms with Gasteiger partial charge in [0.2, 0.25) is 0 Å². The van der Waals surface area contributed by atoms with Crippen LogP contribution in [0.3, 0.4) is 0 Å². The molecule has 1 saturated heterocycles. The lowest BCUT2D eigenvalue weighted by Crippen LogP contribution is -2.38. The molecule has 0 aliphatic carbocycles. The SMILES string of the molecule is CC(O)(CN=C(N)NCC1CCCO1)c1cccs1. The lowest BCUT2D eigenvalue weighted by Gasteiger charge is -2.20. The summed E-state index contributed by atoms with van der Waals surface area (Å²) in [5.74, 6) is 0.354. The Kier molecular flexibility index (Phi) is 4.79. The molecule has 0 spiro atoms. The number of thiophene rings is 1. The molecule has 0 amide bonds. The van der Waals surface area contributed by atoms with Crippen LogP contribution in [-0.2, 0) is 10.3 Å². The Morgan fingerprint density at radius 3 is 3.21 bits per heavy atom. The highest BCUT2D eigenvalue weighted by Gasteiger charge is 2.24. The van der Waals surface area contributed by atoms with E-state index in [0.717, 1.165) is 24.3 Å². The van der Waals surface area contributed by atoms with E-state index in [2.05, 4.69) is 10.3 Å². The van der Waals surface area contributed by atoms with Crippen LogP contribution >= 0.6 is 11.3 Å². The molecule has 106 valence electrons. The number of nitrogens with two attached hydrogens (primary N) is 1. The first-order valence-electron chi connectivity index (χ1n) is 6.50. The van der Waals surface area contributed by atoms with Crippen LogP contribution in [0, 0.1) is 0 Å². The molecule has 0 radical (unpaired) electrons. The zero-order chi connectivity index (χ0) is 13.7. The van der Waals surface area contributed by atoms with Crippen molar-refractivity contribution in [3.8, 4) is 0 Å². The average molecular weight is 283 g/mol. The van der Waals surface area contributed by atoms with E-state index in [-0.39, 0.29) is 12.6 Å². The van der Waals surface area contributed by atoms with E-state index in [1.807, 2.05) is 17.5 Å². The Balaban J connectivity index is 1.80. The summed E-state index contributed by atoms with van der Waals surface area (Å²) in [7, 11) is 0. The third-order valence-corrected chi connectivity index (χ3v) is 4.27. The number of ether oxygens (including phenoxy) is 1. The minimum Gasteiger partial charge on any atom is -0.383 e. The molecule has 2 atom stereocenters. The molecule has 0 aromatic carbocycles.